The standard InChI is InChI=1S/C32H32BrN3O5S/c1-22-10-13-25(14-11-22)21-41-32-28(33)17-26(18-30(32)40-4)19-34-35-31(37)20-36(29-15-12-23(2)16-24(29)3)42(38,39)27-8-6-5-7-9-27/h5-19H,20-21H2,1-4H3,(H,35,37)/b34-19-. The van der Waals surface area contributed by atoms with Gasteiger partial charge in [0.1, 0.15) is 13.2 Å². The third-order valence-corrected chi connectivity index (χ3v) is 8.76. The van der Waals surface area contributed by atoms with E-state index in [-0.39, 0.29) is 4.90 Å². The second kappa shape index (κ2) is 13.7. The molecule has 0 radical (unpaired) electrons. The van der Waals surface area contributed by atoms with Gasteiger partial charge in [-0.25, -0.2) is 13.8 Å². The number of nitrogens with zero attached hydrogens (tertiary/aromatic N) is 2. The fourth-order valence-corrected chi connectivity index (χ4v) is 6.32. The van der Waals surface area contributed by atoms with Crippen molar-refractivity contribution < 1.29 is 22.7 Å². The zero-order valence-corrected chi connectivity index (χ0v) is 26.2. The van der Waals surface area contributed by atoms with Crippen molar-refractivity contribution in [2.24, 2.45) is 5.10 Å². The molecule has 4 aromatic rings. The average Bonchev–Trinajstić information content (AvgIpc) is 2.96. The predicted octanol–water partition coefficient (Wildman–Crippen LogP) is 6.31. The second-order valence-corrected chi connectivity index (χ2v) is 12.4. The Hall–Kier alpha value is -4.15. The summed E-state index contributed by atoms with van der Waals surface area (Å²) in [5.41, 5.74) is 7.39. The lowest BCUT2D eigenvalue weighted by atomic mass is 10.1. The van der Waals surface area contributed by atoms with Crippen LogP contribution in [-0.2, 0) is 21.4 Å². The van der Waals surface area contributed by atoms with E-state index in [9.17, 15) is 13.2 Å². The number of nitrogens with one attached hydrogen (secondary N) is 1. The lowest BCUT2D eigenvalue weighted by Gasteiger charge is -2.25. The Morgan fingerprint density at radius 2 is 1.64 bits per heavy atom. The van der Waals surface area contributed by atoms with Crippen molar-refractivity contribution in [1.82, 2.24) is 5.43 Å². The summed E-state index contributed by atoms with van der Waals surface area (Å²) in [7, 11) is -2.49. The normalized spacial score (nSPS) is 11.4. The number of carbonyl (C=O) groups excluding carboxylic acids is 1. The quantitative estimate of drug-likeness (QED) is 0.152. The van der Waals surface area contributed by atoms with E-state index in [2.05, 4.69) is 26.5 Å². The summed E-state index contributed by atoms with van der Waals surface area (Å²) in [5.74, 6) is 0.420. The summed E-state index contributed by atoms with van der Waals surface area (Å²) >= 11 is 3.53. The Kier molecular flexibility index (Phi) is 10.0. The second-order valence-electron chi connectivity index (χ2n) is 9.72. The molecule has 8 nitrogen and oxygen atoms in total. The minimum absolute atomic E-state index is 0.0860. The molecule has 0 aliphatic heterocycles. The van der Waals surface area contributed by atoms with Crippen LogP contribution in [0.2, 0.25) is 0 Å². The number of hydrazone groups is 1. The van der Waals surface area contributed by atoms with Gasteiger partial charge in [0, 0.05) is 0 Å². The summed E-state index contributed by atoms with van der Waals surface area (Å²) in [6, 6.07) is 25.0. The minimum atomic E-state index is -4.02. The van der Waals surface area contributed by atoms with Crippen LogP contribution < -0.4 is 19.2 Å². The number of hydrogen-bond donors (Lipinski definition) is 1. The van der Waals surface area contributed by atoms with Crippen LogP contribution in [0.4, 0.5) is 5.69 Å². The topological polar surface area (TPSA) is 97.3 Å². The molecule has 1 amide bonds. The number of rotatable bonds is 11. The Labute approximate surface area is 255 Å². The largest absolute Gasteiger partial charge is 0.493 e. The number of ether oxygens (including phenoxy) is 2. The molecule has 0 aromatic heterocycles. The van der Waals surface area contributed by atoms with E-state index in [1.807, 2.05) is 57.2 Å². The molecule has 10 heteroatoms. The summed E-state index contributed by atoms with van der Waals surface area (Å²) in [6.45, 7) is 5.66. The Morgan fingerprint density at radius 1 is 0.952 bits per heavy atom. The molecule has 0 unspecified atom stereocenters. The van der Waals surface area contributed by atoms with E-state index in [0.717, 1.165) is 21.0 Å². The van der Waals surface area contributed by atoms with Crippen LogP contribution in [0.15, 0.2) is 99.4 Å². The predicted molar refractivity (Wildman–Crippen MR) is 169 cm³/mol. The van der Waals surface area contributed by atoms with Gasteiger partial charge in [-0.1, -0.05) is 65.7 Å². The van der Waals surface area contributed by atoms with Gasteiger partial charge >= 0.3 is 0 Å². The lowest BCUT2D eigenvalue weighted by molar-refractivity contribution is -0.119. The molecule has 4 rings (SSSR count). The first-order chi connectivity index (χ1) is 20.1. The Morgan fingerprint density at radius 3 is 2.31 bits per heavy atom. The number of sulfonamides is 1. The van der Waals surface area contributed by atoms with E-state index in [1.54, 1.807) is 36.4 Å². The van der Waals surface area contributed by atoms with Gasteiger partial charge in [0.05, 0.1) is 28.4 Å². The molecule has 0 saturated carbocycles. The number of anilines is 1. The monoisotopic (exact) mass is 649 g/mol. The summed E-state index contributed by atoms with van der Waals surface area (Å²) in [4.78, 5) is 13.1. The van der Waals surface area contributed by atoms with Crippen molar-refractivity contribution in [2.75, 3.05) is 18.0 Å². The molecule has 218 valence electrons. The van der Waals surface area contributed by atoms with E-state index in [0.29, 0.717) is 33.8 Å². The highest BCUT2D eigenvalue weighted by atomic mass is 79.9. The number of amides is 1. The van der Waals surface area contributed by atoms with E-state index in [1.165, 1.54) is 31.0 Å². The third kappa shape index (κ3) is 7.57. The number of halogens is 1. The SMILES string of the molecule is COc1cc(/C=N\NC(=O)CN(c2ccc(C)cc2C)S(=O)(=O)c2ccccc2)cc(Br)c1OCc1ccc(C)cc1. The maximum absolute atomic E-state index is 13.6. The Bertz CT molecular complexity index is 1690. The van der Waals surface area contributed by atoms with Crippen LogP contribution in [0, 0.1) is 20.8 Å². The molecular formula is C32H32BrN3O5S. The number of carbonyl (C=O) groups is 1. The molecule has 42 heavy (non-hydrogen) atoms. The fraction of sp³-hybridized carbons (Fsp3) is 0.188. The highest BCUT2D eigenvalue weighted by molar-refractivity contribution is 9.10. The molecule has 0 bridgehead atoms. The molecule has 0 aliphatic carbocycles. The molecule has 0 atom stereocenters. The molecule has 0 heterocycles. The van der Waals surface area contributed by atoms with Crippen LogP contribution in [0.1, 0.15) is 27.8 Å². The molecule has 0 fully saturated rings. The van der Waals surface area contributed by atoms with E-state index < -0.39 is 22.5 Å². The molecule has 4 aromatic carbocycles. The van der Waals surface area contributed by atoms with Gasteiger partial charge in [-0.15, -0.1) is 0 Å². The molecule has 0 aliphatic rings. The van der Waals surface area contributed by atoms with Crippen LogP contribution in [0.25, 0.3) is 0 Å². The van der Waals surface area contributed by atoms with Gasteiger partial charge in [0.15, 0.2) is 11.5 Å². The zero-order valence-electron chi connectivity index (χ0n) is 23.8. The van der Waals surface area contributed by atoms with Gasteiger partial charge in [0.2, 0.25) is 0 Å². The van der Waals surface area contributed by atoms with E-state index in [4.69, 9.17) is 9.47 Å². The van der Waals surface area contributed by atoms with Crippen molar-refractivity contribution in [1.29, 1.82) is 0 Å². The van der Waals surface area contributed by atoms with Crippen molar-refractivity contribution in [3.63, 3.8) is 0 Å². The maximum Gasteiger partial charge on any atom is 0.264 e. The van der Waals surface area contributed by atoms with Crippen molar-refractivity contribution in [3.8, 4) is 11.5 Å². The molecular weight excluding hydrogens is 618 g/mol. The first kappa shape index (κ1) is 30.8. The van der Waals surface area contributed by atoms with Crippen LogP contribution in [0.3, 0.4) is 0 Å². The van der Waals surface area contributed by atoms with Gasteiger partial charge in [-0.3, -0.25) is 9.10 Å². The van der Waals surface area contributed by atoms with Gasteiger partial charge in [-0.2, -0.15) is 5.10 Å². The van der Waals surface area contributed by atoms with Crippen LogP contribution >= 0.6 is 15.9 Å². The maximum atomic E-state index is 13.6. The lowest BCUT2D eigenvalue weighted by Crippen LogP contribution is -2.40. The van der Waals surface area contributed by atoms with E-state index >= 15 is 0 Å². The first-order valence-electron chi connectivity index (χ1n) is 13.1. The number of benzene rings is 4. The fourth-order valence-electron chi connectivity index (χ4n) is 4.24. The highest BCUT2D eigenvalue weighted by Gasteiger charge is 2.28. The van der Waals surface area contributed by atoms with Gasteiger partial charge in [-0.05, 0) is 83.7 Å². The van der Waals surface area contributed by atoms with Crippen LogP contribution in [-0.4, -0.2) is 34.2 Å². The summed E-state index contributed by atoms with van der Waals surface area (Å²) < 4.78 is 40.4. The molecule has 0 saturated heterocycles. The van der Waals surface area contributed by atoms with Gasteiger partial charge in [0.25, 0.3) is 15.9 Å². The summed E-state index contributed by atoms with van der Waals surface area (Å²) in [6.07, 6.45) is 1.45. The zero-order chi connectivity index (χ0) is 30.3. The number of hydrogen-bond acceptors (Lipinski definition) is 6. The smallest absolute Gasteiger partial charge is 0.264 e. The van der Waals surface area contributed by atoms with Gasteiger partial charge < -0.3 is 9.47 Å². The molecule has 1 N–H and O–H groups in total. The number of aryl methyl sites for hydroxylation is 3. The number of methoxy groups -OCH3 is 1. The van der Waals surface area contributed by atoms with Crippen molar-refractivity contribution in [2.45, 2.75) is 32.3 Å². The average molecular weight is 651 g/mol. The minimum Gasteiger partial charge on any atom is -0.493 e. The molecule has 0 spiro atoms. The first-order valence-corrected chi connectivity index (χ1v) is 15.3. The third-order valence-electron chi connectivity index (χ3n) is 6.40. The summed E-state index contributed by atoms with van der Waals surface area (Å²) in [5, 5.41) is 4.06. The van der Waals surface area contributed by atoms with Crippen molar-refractivity contribution in [3.05, 3.63) is 117 Å². The highest BCUT2D eigenvalue weighted by Crippen LogP contribution is 2.37. The van der Waals surface area contributed by atoms with Crippen molar-refractivity contribution >= 4 is 43.8 Å². The van der Waals surface area contributed by atoms with Crippen LogP contribution in [0.5, 0.6) is 11.5 Å². The Balaban J connectivity index is 1.49.